The molecule has 1 aromatic heterocycles. The van der Waals surface area contributed by atoms with Gasteiger partial charge in [0.1, 0.15) is 11.5 Å². The van der Waals surface area contributed by atoms with Gasteiger partial charge in [0, 0.05) is 18.7 Å². The standard InChI is InChI=1S/C19H19ClN2O4S/c1-24-10-9-22-16-8-3-13(20)11-17(16)27-19(22)21-18(23)12-26-15-6-4-14(25-2)5-7-15/h3-8,11H,9-10,12H2,1-2H3. The predicted octanol–water partition coefficient (Wildman–Crippen LogP) is 3.52. The van der Waals surface area contributed by atoms with Crippen LogP contribution in [0.2, 0.25) is 5.02 Å². The molecule has 0 radical (unpaired) electrons. The monoisotopic (exact) mass is 406 g/mol. The van der Waals surface area contributed by atoms with Crippen LogP contribution in [0.1, 0.15) is 0 Å². The van der Waals surface area contributed by atoms with Gasteiger partial charge in [-0.05, 0) is 42.5 Å². The molecule has 142 valence electrons. The van der Waals surface area contributed by atoms with E-state index in [0.717, 1.165) is 16.0 Å². The number of methoxy groups -OCH3 is 2. The quantitative estimate of drug-likeness (QED) is 0.602. The third kappa shape index (κ3) is 4.88. The Hall–Kier alpha value is -2.35. The number of hydrogen-bond acceptors (Lipinski definition) is 5. The zero-order valence-corrected chi connectivity index (χ0v) is 16.5. The summed E-state index contributed by atoms with van der Waals surface area (Å²) in [5.74, 6) is 0.936. The fourth-order valence-corrected chi connectivity index (χ4v) is 3.84. The van der Waals surface area contributed by atoms with Crippen LogP contribution in [0.4, 0.5) is 0 Å². The number of benzene rings is 2. The van der Waals surface area contributed by atoms with Gasteiger partial charge in [-0.15, -0.1) is 0 Å². The lowest BCUT2D eigenvalue weighted by Crippen LogP contribution is -2.21. The van der Waals surface area contributed by atoms with Gasteiger partial charge in [0.05, 0.1) is 23.9 Å². The molecule has 0 N–H and O–H groups in total. The van der Waals surface area contributed by atoms with Crippen molar-refractivity contribution in [3.8, 4) is 11.5 Å². The smallest absolute Gasteiger partial charge is 0.286 e. The molecule has 8 heteroatoms. The highest BCUT2D eigenvalue weighted by Gasteiger charge is 2.09. The first kappa shape index (κ1) is 19.4. The molecule has 27 heavy (non-hydrogen) atoms. The summed E-state index contributed by atoms with van der Waals surface area (Å²) in [5, 5.41) is 0.642. The summed E-state index contributed by atoms with van der Waals surface area (Å²) < 4.78 is 18.7. The van der Waals surface area contributed by atoms with Crippen LogP contribution in [0.5, 0.6) is 11.5 Å². The number of carbonyl (C=O) groups excluding carboxylic acids is 1. The molecule has 0 aliphatic rings. The van der Waals surface area contributed by atoms with Crippen LogP contribution >= 0.6 is 22.9 Å². The maximum absolute atomic E-state index is 12.3. The third-order valence-corrected chi connectivity index (χ3v) is 5.08. The Labute approximate surface area is 165 Å². The number of ether oxygens (including phenoxy) is 3. The number of fused-ring (bicyclic) bond motifs is 1. The SMILES string of the molecule is COCCn1c(=NC(=O)COc2ccc(OC)cc2)sc2cc(Cl)ccc21. The van der Waals surface area contributed by atoms with Gasteiger partial charge in [-0.1, -0.05) is 22.9 Å². The van der Waals surface area contributed by atoms with E-state index in [9.17, 15) is 4.79 Å². The molecule has 0 unspecified atom stereocenters. The number of halogens is 1. The molecule has 0 aliphatic carbocycles. The highest BCUT2D eigenvalue weighted by atomic mass is 35.5. The lowest BCUT2D eigenvalue weighted by Gasteiger charge is -2.05. The van der Waals surface area contributed by atoms with Crippen molar-refractivity contribution in [2.45, 2.75) is 6.54 Å². The zero-order valence-electron chi connectivity index (χ0n) is 15.0. The molecule has 1 heterocycles. The molecule has 0 fully saturated rings. The van der Waals surface area contributed by atoms with Crippen LogP contribution in [0.15, 0.2) is 47.5 Å². The van der Waals surface area contributed by atoms with Gasteiger partial charge in [-0.3, -0.25) is 4.79 Å². The predicted molar refractivity (Wildman–Crippen MR) is 106 cm³/mol. The topological polar surface area (TPSA) is 62.1 Å². The lowest BCUT2D eigenvalue weighted by atomic mass is 10.3. The van der Waals surface area contributed by atoms with E-state index >= 15 is 0 Å². The van der Waals surface area contributed by atoms with Gasteiger partial charge >= 0.3 is 0 Å². The minimum absolute atomic E-state index is 0.147. The van der Waals surface area contributed by atoms with Crippen LogP contribution < -0.4 is 14.3 Å². The highest BCUT2D eigenvalue weighted by Crippen LogP contribution is 2.22. The molecule has 2 aromatic carbocycles. The number of aromatic nitrogens is 1. The molecule has 1 amide bonds. The average molecular weight is 407 g/mol. The number of hydrogen-bond donors (Lipinski definition) is 0. The minimum atomic E-state index is -0.366. The molecule has 6 nitrogen and oxygen atoms in total. The molecule has 0 saturated heterocycles. The van der Waals surface area contributed by atoms with Crippen molar-refractivity contribution in [3.63, 3.8) is 0 Å². The van der Waals surface area contributed by atoms with E-state index in [1.165, 1.54) is 11.3 Å². The van der Waals surface area contributed by atoms with Crippen molar-refractivity contribution < 1.29 is 19.0 Å². The van der Waals surface area contributed by atoms with Crippen molar-refractivity contribution in [2.24, 2.45) is 4.99 Å². The Balaban J connectivity index is 1.81. The van der Waals surface area contributed by atoms with Crippen LogP contribution in [0, 0.1) is 0 Å². The maximum Gasteiger partial charge on any atom is 0.286 e. The summed E-state index contributed by atoms with van der Waals surface area (Å²) in [4.78, 5) is 17.1. The normalized spacial score (nSPS) is 11.7. The summed E-state index contributed by atoms with van der Waals surface area (Å²) in [5.41, 5.74) is 0.962. The van der Waals surface area contributed by atoms with Crippen molar-refractivity contribution >= 4 is 39.1 Å². The van der Waals surface area contributed by atoms with Gasteiger partial charge in [0.2, 0.25) is 0 Å². The molecule has 0 saturated carbocycles. The number of thiazole rings is 1. The van der Waals surface area contributed by atoms with Crippen LogP contribution in [-0.2, 0) is 16.1 Å². The molecular weight excluding hydrogens is 388 g/mol. The van der Waals surface area contributed by atoms with Gasteiger partial charge in [-0.25, -0.2) is 0 Å². The highest BCUT2D eigenvalue weighted by molar-refractivity contribution is 7.16. The minimum Gasteiger partial charge on any atom is -0.497 e. The third-order valence-electron chi connectivity index (χ3n) is 3.81. The second-order valence-electron chi connectivity index (χ2n) is 5.61. The Morgan fingerprint density at radius 1 is 1.15 bits per heavy atom. The van der Waals surface area contributed by atoms with Gasteiger partial charge in [0.25, 0.3) is 5.91 Å². The number of amides is 1. The molecule has 3 rings (SSSR count). The van der Waals surface area contributed by atoms with Crippen molar-refractivity contribution in [2.75, 3.05) is 27.4 Å². The van der Waals surface area contributed by atoms with E-state index in [0.29, 0.717) is 28.7 Å². The van der Waals surface area contributed by atoms with Crippen molar-refractivity contribution in [1.29, 1.82) is 0 Å². The first-order valence-electron chi connectivity index (χ1n) is 8.23. The molecule has 3 aromatic rings. The fourth-order valence-electron chi connectivity index (χ4n) is 2.49. The Kier molecular flexibility index (Phi) is 6.49. The summed E-state index contributed by atoms with van der Waals surface area (Å²) in [6.07, 6.45) is 0. The Morgan fingerprint density at radius 2 is 1.89 bits per heavy atom. The number of nitrogens with zero attached hydrogens (tertiary/aromatic N) is 2. The first-order valence-corrected chi connectivity index (χ1v) is 9.42. The first-order chi connectivity index (χ1) is 13.1. The summed E-state index contributed by atoms with van der Waals surface area (Å²) in [6.45, 7) is 0.952. The van der Waals surface area contributed by atoms with E-state index in [1.54, 1.807) is 38.5 Å². The fraction of sp³-hybridized carbons (Fsp3) is 0.263. The van der Waals surface area contributed by atoms with Crippen molar-refractivity contribution in [1.82, 2.24) is 4.57 Å². The molecule has 0 aliphatic heterocycles. The van der Waals surface area contributed by atoms with Gasteiger partial charge in [-0.2, -0.15) is 4.99 Å². The molecule has 0 atom stereocenters. The van der Waals surface area contributed by atoms with Crippen molar-refractivity contribution in [3.05, 3.63) is 52.3 Å². The zero-order chi connectivity index (χ0) is 19.2. The van der Waals surface area contributed by atoms with E-state index in [4.69, 9.17) is 25.8 Å². The summed E-state index contributed by atoms with van der Waals surface area (Å²) in [6, 6.07) is 12.6. The largest absolute Gasteiger partial charge is 0.497 e. The van der Waals surface area contributed by atoms with E-state index < -0.39 is 0 Å². The number of rotatable bonds is 7. The van der Waals surface area contributed by atoms with Crippen LogP contribution in [0.3, 0.4) is 0 Å². The Morgan fingerprint density at radius 3 is 2.59 bits per heavy atom. The van der Waals surface area contributed by atoms with E-state index in [2.05, 4.69) is 4.99 Å². The molecular formula is C19H19ClN2O4S. The second kappa shape index (κ2) is 9.03. The van der Waals surface area contributed by atoms with E-state index in [-0.39, 0.29) is 12.5 Å². The van der Waals surface area contributed by atoms with E-state index in [1.807, 2.05) is 22.8 Å². The number of carbonyl (C=O) groups is 1. The van der Waals surface area contributed by atoms with Crippen LogP contribution in [0.25, 0.3) is 10.2 Å². The average Bonchev–Trinajstić information content (AvgIpc) is 3.00. The Bertz CT molecular complexity index is 995. The second-order valence-corrected chi connectivity index (χ2v) is 7.06. The summed E-state index contributed by atoms with van der Waals surface area (Å²) in [7, 11) is 3.23. The maximum atomic E-state index is 12.3. The summed E-state index contributed by atoms with van der Waals surface area (Å²) >= 11 is 7.48. The molecule has 0 bridgehead atoms. The van der Waals surface area contributed by atoms with Gasteiger partial charge < -0.3 is 18.8 Å². The molecule has 0 spiro atoms. The lowest BCUT2D eigenvalue weighted by molar-refractivity contribution is -0.120. The van der Waals surface area contributed by atoms with Crippen LogP contribution in [-0.4, -0.2) is 37.9 Å². The van der Waals surface area contributed by atoms with Gasteiger partial charge in [0.15, 0.2) is 11.4 Å².